The number of rotatable bonds is 1. The van der Waals surface area contributed by atoms with E-state index in [2.05, 4.69) is 29.8 Å². The van der Waals surface area contributed by atoms with Crippen LogP contribution in [0.25, 0.3) is 0 Å². The van der Waals surface area contributed by atoms with Crippen LogP contribution in [-0.2, 0) is 0 Å². The molecule has 1 fully saturated rings. The first-order valence-corrected chi connectivity index (χ1v) is 6.92. The second-order valence-corrected chi connectivity index (χ2v) is 6.06. The van der Waals surface area contributed by atoms with Crippen molar-refractivity contribution in [3.63, 3.8) is 0 Å². The van der Waals surface area contributed by atoms with Crippen molar-refractivity contribution >= 4 is 33.4 Å². The minimum absolute atomic E-state index is 0.0883. The normalized spacial score (nSPS) is 24.1. The number of halogens is 2. The average molecular weight is 317 g/mol. The molecule has 1 aliphatic heterocycles. The highest BCUT2D eigenvalue weighted by molar-refractivity contribution is 9.10. The van der Waals surface area contributed by atoms with Crippen LogP contribution < -0.4 is 0 Å². The van der Waals surface area contributed by atoms with Gasteiger partial charge in [0.15, 0.2) is 0 Å². The van der Waals surface area contributed by atoms with Crippen molar-refractivity contribution < 1.29 is 4.79 Å². The van der Waals surface area contributed by atoms with Crippen molar-refractivity contribution in [1.82, 2.24) is 4.90 Å². The van der Waals surface area contributed by atoms with Crippen molar-refractivity contribution in [2.24, 2.45) is 5.92 Å². The average Bonchev–Trinajstić information content (AvgIpc) is 2.57. The highest BCUT2D eigenvalue weighted by Crippen LogP contribution is 2.28. The highest BCUT2D eigenvalue weighted by Gasteiger charge is 2.31. The molecule has 0 N–H and O–H groups in total. The van der Waals surface area contributed by atoms with Gasteiger partial charge >= 0.3 is 0 Å². The van der Waals surface area contributed by atoms with Crippen molar-refractivity contribution in [3.8, 4) is 0 Å². The molecule has 1 aliphatic rings. The Morgan fingerprint density at radius 3 is 2.71 bits per heavy atom. The lowest BCUT2D eigenvalue weighted by molar-refractivity contribution is 0.0743. The van der Waals surface area contributed by atoms with Gasteiger partial charge in [0.2, 0.25) is 0 Å². The third-order valence-corrected chi connectivity index (χ3v) is 4.10. The molecule has 0 saturated carbocycles. The van der Waals surface area contributed by atoms with E-state index in [0.717, 1.165) is 17.4 Å². The molecule has 1 amide bonds. The molecular formula is C13H15BrClNO. The lowest BCUT2D eigenvalue weighted by Gasteiger charge is -2.22. The van der Waals surface area contributed by atoms with Gasteiger partial charge in [0.1, 0.15) is 0 Å². The Morgan fingerprint density at radius 2 is 2.18 bits per heavy atom. The molecule has 92 valence electrons. The Bertz CT molecular complexity index is 449. The fraction of sp³-hybridized carbons (Fsp3) is 0.462. The van der Waals surface area contributed by atoms with Crippen molar-refractivity contribution in [2.45, 2.75) is 26.3 Å². The van der Waals surface area contributed by atoms with Gasteiger partial charge in [0.05, 0.1) is 5.56 Å². The molecule has 2 rings (SSSR count). The number of amides is 1. The number of hydrogen-bond donors (Lipinski definition) is 0. The van der Waals surface area contributed by atoms with E-state index >= 15 is 0 Å². The van der Waals surface area contributed by atoms with Crippen LogP contribution in [0, 0.1) is 5.92 Å². The number of carbonyl (C=O) groups excluding carboxylic acids is 1. The maximum absolute atomic E-state index is 12.4. The third-order valence-electron chi connectivity index (χ3n) is 3.21. The predicted molar refractivity (Wildman–Crippen MR) is 73.4 cm³/mol. The van der Waals surface area contributed by atoms with E-state index in [1.165, 1.54) is 0 Å². The van der Waals surface area contributed by atoms with Gasteiger partial charge in [0, 0.05) is 22.1 Å². The van der Waals surface area contributed by atoms with Crippen molar-refractivity contribution in [2.75, 3.05) is 6.54 Å². The second-order valence-electron chi connectivity index (χ2n) is 4.77. The standard InChI is InChI=1S/C13H15BrClNO/c1-8-5-9(2)16(7-8)13(17)11-4-3-10(15)6-12(11)14/h3-4,6,8-9H,5,7H2,1-2H3. The Labute approximate surface area is 115 Å². The molecule has 0 spiro atoms. The van der Waals surface area contributed by atoms with Crippen LogP contribution in [0.15, 0.2) is 22.7 Å². The molecule has 4 heteroatoms. The number of hydrogen-bond acceptors (Lipinski definition) is 1. The number of benzene rings is 1. The van der Waals surface area contributed by atoms with Gasteiger partial charge in [-0.2, -0.15) is 0 Å². The summed E-state index contributed by atoms with van der Waals surface area (Å²) in [5.74, 6) is 0.672. The minimum Gasteiger partial charge on any atom is -0.336 e. The van der Waals surface area contributed by atoms with E-state index < -0.39 is 0 Å². The van der Waals surface area contributed by atoms with Gasteiger partial charge in [-0.1, -0.05) is 18.5 Å². The smallest absolute Gasteiger partial charge is 0.255 e. The summed E-state index contributed by atoms with van der Waals surface area (Å²) >= 11 is 9.28. The summed E-state index contributed by atoms with van der Waals surface area (Å²) in [6.45, 7) is 5.13. The molecule has 1 aromatic carbocycles. The van der Waals surface area contributed by atoms with Crippen LogP contribution in [0.1, 0.15) is 30.6 Å². The van der Waals surface area contributed by atoms with Crippen molar-refractivity contribution in [1.29, 1.82) is 0 Å². The predicted octanol–water partition coefficient (Wildman–Crippen LogP) is 3.97. The van der Waals surface area contributed by atoms with E-state index in [1.54, 1.807) is 18.2 Å². The first-order chi connectivity index (χ1) is 7.99. The fourth-order valence-electron chi connectivity index (χ4n) is 2.40. The lowest BCUT2D eigenvalue weighted by Crippen LogP contribution is -2.34. The molecule has 1 saturated heterocycles. The summed E-state index contributed by atoms with van der Waals surface area (Å²) in [6.07, 6.45) is 1.08. The molecule has 2 nitrogen and oxygen atoms in total. The second kappa shape index (κ2) is 4.99. The maximum Gasteiger partial charge on any atom is 0.255 e. The number of likely N-dealkylation sites (tertiary alicyclic amines) is 1. The summed E-state index contributed by atoms with van der Waals surface area (Å²) in [6, 6.07) is 5.62. The molecular weight excluding hydrogens is 302 g/mol. The summed E-state index contributed by atoms with van der Waals surface area (Å²) in [4.78, 5) is 14.3. The summed E-state index contributed by atoms with van der Waals surface area (Å²) in [7, 11) is 0. The van der Waals surface area contributed by atoms with Crippen LogP contribution in [0.2, 0.25) is 5.02 Å². The minimum atomic E-state index is 0.0883. The summed E-state index contributed by atoms with van der Waals surface area (Å²) in [5.41, 5.74) is 0.690. The highest BCUT2D eigenvalue weighted by atomic mass is 79.9. The molecule has 0 radical (unpaired) electrons. The largest absolute Gasteiger partial charge is 0.336 e. The molecule has 2 unspecified atom stereocenters. The van der Waals surface area contributed by atoms with E-state index in [4.69, 9.17) is 11.6 Å². The van der Waals surface area contributed by atoms with Crippen LogP contribution in [0.3, 0.4) is 0 Å². The first-order valence-electron chi connectivity index (χ1n) is 5.75. The molecule has 2 atom stereocenters. The molecule has 0 aliphatic carbocycles. The SMILES string of the molecule is CC1CC(C)N(C(=O)c2ccc(Cl)cc2Br)C1. The Morgan fingerprint density at radius 1 is 1.47 bits per heavy atom. The molecule has 1 aromatic rings. The Kier molecular flexibility index (Phi) is 3.79. The maximum atomic E-state index is 12.4. The number of nitrogens with zero attached hydrogens (tertiary/aromatic N) is 1. The fourth-order valence-corrected chi connectivity index (χ4v) is 3.25. The van der Waals surface area contributed by atoms with Crippen molar-refractivity contribution in [3.05, 3.63) is 33.3 Å². The molecule has 17 heavy (non-hydrogen) atoms. The summed E-state index contributed by atoms with van der Waals surface area (Å²) in [5, 5.41) is 0.635. The quantitative estimate of drug-likeness (QED) is 0.767. The first kappa shape index (κ1) is 12.9. The monoisotopic (exact) mass is 315 g/mol. The van der Waals surface area contributed by atoms with Gasteiger partial charge in [-0.15, -0.1) is 0 Å². The topological polar surface area (TPSA) is 20.3 Å². The van der Waals surface area contributed by atoms with Gasteiger partial charge in [-0.05, 0) is 53.4 Å². The van der Waals surface area contributed by atoms with E-state index in [1.807, 2.05) is 4.90 Å². The Balaban J connectivity index is 2.25. The zero-order valence-corrected chi connectivity index (χ0v) is 12.3. The van der Waals surface area contributed by atoms with Crippen LogP contribution in [0.4, 0.5) is 0 Å². The zero-order valence-electron chi connectivity index (χ0n) is 9.91. The van der Waals surface area contributed by atoms with Gasteiger partial charge in [0.25, 0.3) is 5.91 Å². The molecule has 0 aromatic heterocycles. The van der Waals surface area contributed by atoms with E-state index in [-0.39, 0.29) is 5.91 Å². The third kappa shape index (κ3) is 2.66. The van der Waals surface area contributed by atoms with Crippen LogP contribution in [0.5, 0.6) is 0 Å². The Hall–Kier alpha value is -0.540. The van der Waals surface area contributed by atoms with Crippen LogP contribution >= 0.6 is 27.5 Å². The van der Waals surface area contributed by atoms with E-state index in [9.17, 15) is 4.79 Å². The van der Waals surface area contributed by atoms with Crippen LogP contribution in [-0.4, -0.2) is 23.4 Å². The van der Waals surface area contributed by atoms with Gasteiger partial charge in [-0.25, -0.2) is 0 Å². The zero-order chi connectivity index (χ0) is 12.6. The summed E-state index contributed by atoms with van der Waals surface area (Å²) < 4.78 is 0.766. The molecule has 0 bridgehead atoms. The number of carbonyl (C=O) groups is 1. The van der Waals surface area contributed by atoms with Gasteiger partial charge in [-0.3, -0.25) is 4.79 Å². The molecule has 1 heterocycles. The lowest BCUT2D eigenvalue weighted by atomic mass is 10.1. The van der Waals surface area contributed by atoms with E-state index in [0.29, 0.717) is 22.5 Å². The van der Waals surface area contributed by atoms with Gasteiger partial charge < -0.3 is 4.90 Å².